The molecule has 5 heteroatoms. The van der Waals surface area contributed by atoms with Crippen LogP contribution < -0.4 is 5.32 Å². The van der Waals surface area contributed by atoms with Crippen LogP contribution in [-0.4, -0.2) is 50.1 Å². The Morgan fingerprint density at radius 3 is 2.81 bits per heavy atom. The van der Waals surface area contributed by atoms with Crippen LogP contribution >= 0.6 is 0 Å². The first-order valence-electron chi connectivity index (χ1n) is 7.30. The van der Waals surface area contributed by atoms with Gasteiger partial charge < -0.3 is 15.0 Å². The Labute approximate surface area is 125 Å². The van der Waals surface area contributed by atoms with Crippen LogP contribution in [0.5, 0.6) is 0 Å². The highest BCUT2D eigenvalue weighted by Crippen LogP contribution is 2.16. The van der Waals surface area contributed by atoms with Crippen LogP contribution in [0.15, 0.2) is 30.3 Å². The Bertz CT molecular complexity index is 474. The Morgan fingerprint density at radius 2 is 2.10 bits per heavy atom. The van der Waals surface area contributed by atoms with Crippen LogP contribution in [0.2, 0.25) is 0 Å². The molecule has 0 radical (unpaired) electrons. The summed E-state index contributed by atoms with van der Waals surface area (Å²) < 4.78 is 5.16. The molecule has 0 spiro atoms. The molecule has 1 aromatic rings. The van der Waals surface area contributed by atoms with E-state index in [0.717, 1.165) is 19.4 Å². The highest BCUT2D eigenvalue weighted by Gasteiger charge is 2.23. The van der Waals surface area contributed by atoms with Gasteiger partial charge in [0.25, 0.3) is 5.91 Å². The Kier molecular flexibility index (Phi) is 5.75. The van der Waals surface area contributed by atoms with Crippen LogP contribution in [0.25, 0.3) is 0 Å². The van der Waals surface area contributed by atoms with Gasteiger partial charge in [0.05, 0.1) is 13.2 Å². The lowest BCUT2D eigenvalue weighted by molar-refractivity contribution is -0.132. The number of hydrogen-bond donors (Lipinski definition) is 1. The molecule has 1 saturated heterocycles. The maximum atomic E-state index is 12.2. The van der Waals surface area contributed by atoms with Gasteiger partial charge in [0.2, 0.25) is 5.91 Å². The molecule has 0 aromatic heterocycles. The maximum absolute atomic E-state index is 12.2. The lowest BCUT2D eigenvalue weighted by atomic mass is 9.99. The van der Waals surface area contributed by atoms with Gasteiger partial charge in [0.15, 0.2) is 0 Å². The van der Waals surface area contributed by atoms with Gasteiger partial charge in [-0.05, 0) is 30.9 Å². The summed E-state index contributed by atoms with van der Waals surface area (Å²) in [6.45, 7) is 2.21. The summed E-state index contributed by atoms with van der Waals surface area (Å²) in [6, 6.07) is 8.92. The third-order valence-electron chi connectivity index (χ3n) is 3.71. The molecule has 2 amide bonds. The van der Waals surface area contributed by atoms with Gasteiger partial charge in [0, 0.05) is 25.8 Å². The third kappa shape index (κ3) is 4.56. The van der Waals surface area contributed by atoms with Gasteiger partial charge in [-0.2, -0.15) is 0 Å². The first-order chi connectivity index (χ1) is 10.2. The summed E-state index contributed by atoms with van der Waals surface area (Å²) in [5.74, 6) is 0.159. The fourth-order valence-electron chi connectivity index (χ4n) is 2.62. The van der Waals surface area contributed by atoms with E-state index in [4.69, 9.17) is 4.74 Å². The topological polar surface area (TPSA) is 58.6 Å². The Balaban J connectivity index is 1.80. The number of nitrogens with zero attached hydrogens (tertiary/aromatic N) is 1. The first kappa shape index (κ1) is 15.5. The summed E-state index contributed by atoms with van der Waals surface area (Å²) in [4.78, 5) is 25.9. The van der Waals surface area contributed by atoms with Crippen molar-refractivity contribution in [3.63, 3.8) is 0 Å². The van der Waals surface area contributed by atoms with Crippen molar-refractivity contribution in [2.75, 3.05) is 33.4 Å². The monoisotopic (exact) mass is 290 g/mol. The van der Waals surface area contributed by atoms with E-state index < -0.39 is 0 Å². The SMILES string of the molecule is COCC1CCCN(C(=O)CNC(=O)c2ccccc2)C1. The van der Waals surface area contributed by atoms with Crippen molar-refractivity contribution in [2.24, 2.45) is 5.92 Å². The molecule has 2 rings (SSSR count). The molecule has 1 unspecified atom stereocenters. The van der Waals surface area contributed by atoms with Crippen molar-refractivity contribution in [1.29, 1.82) is 0 Å². The predicted molar refractivity (Wildman–Crippen MR) is 80.0 cm³/mol. The number of rotatable bonds is 5. The van der Waals surface area contributed by atoms with Gasteiger partial charge >= 0.3 is 0 Å². The van der Waals surface area contributed by atoms with Gasteiger partial charge in [-0.3, -0.25) is 9.59 Å². The van der Waals surface area contributed by atoms with E-state index in [9.17, 15) is 9.59 Å². The smallest absolute Gasteiger partial charge is 0.251 e. The molecular weight excluding hydrogens is 268 g/mol. The second-order valence-corrected chi connectivity index (χ2v) is 5.35. The second kappa shape index (κ2) is 7.78. The second-order valence-electron chi connectivity index (χ2n) is 5.35. The summed E-state index contributed by atoms with van der Waals surface area (Å²) in [6.07, 6.45) is 2.08. The average molecular weight is 290 g/mol. The molecule has 1 aliphatic heterocycles. The molecular formula is C16H22N2O3. The van der Waals surface area contributed by atoms with Crippen LogP contribution in [0.1, 0.15) is 23.2 Å². The van der Waals surface area contributed by atoms with E-state index in [1.54, 1.807) is 31.4 Å². The first-order valence-corrected chi connectivity index (χ1v) is 7.30. The molecule has 0 aliphatic carbocycles. The zero-order valence-electron chi connectivity index (χ0n) is 12.4. The Morgan fingerprint density at radius 1 is 1.33 bits per heavy atom. The fourth-order valence-corrected chi connectivity index (χ4v) is 2.62. The number of benzene rings is 1. The van der Waals surface area contributed by atoms with Crippen LogP contribution in [0.4, 0.5) is 0 Å². The Hall–Kier alpha value is -1.88. The fraction of sp³-hybridized carbons (Fsp3) is 0.500. The molecule has 1 aliphatic rings. The number of carbonyl (C=O) groups is 2. The summed E-state index contributed by atoms with van der Waals surface area (Å²) in [7, 11) is 1.68. The summed E-state index contributed by atoms with van der Waals surface area (Å²) >= 11 is 0. The number of amides is 2. The quantitative estimate of drug-likeness (QED) is 0.889. The average Bonchev–Trinajstić information content (AvgIpc) is 2.53. The number of ether oxygens (including phenoxy) is 1. The number of hydrogen-bond acceptors (Lipinski definition) is 3. The molecule has 1 atom stereocenters. The number of likely N-dealkylation sites (tertiary alicyclic amines) is 1. The minimum Gasteiger partial charge on any atom is -0.384 e. The van der Waals surface area contributed by atoms with E-state index in [2.05, 4.69) is 5.32 Å². The standard InChI is InChI=1S/C16H22N2O3/c1-21-12-13-6-5-9-18(11-13)15(19)10-17-16(20)14-7-3-2-4-8-14/h2-4,7-8,13H,5-6,9-12H2,1H3,(H,17,20). The van der Waals surface area contributed by atoms with E-state index in [1.165, 1.54) is 0 Å². The largest absolute Gasteiger partial charge is 0.384 e. The third-order valence-corrected chi connectivity index (χ3v) is 3.71. The molecule has 21 heavy (non-hydrogen) atoms. The minimum absolute atomic E-state index is 0.0277. The highest BCUT2D eigenvalue weighted by atomic mass is 16.5. The van der Waals surface area contributed by atoms with Crippen LogP contribution in [0, 0.1) is 5.92 Å². The summed E-state index contributed by atoms with van der Waals surface area (Å²) in [5, 5.41) is 2.68. The molecule has 1 fully saturated rings. The zero-order chi connectivity index (χ0) is 15.1. The number of methoxy groups -OCH3 is 1. The van der Waals surface area contributed by atoms with E-state index in [0.29, 0.717) is 24.6 Å². The molecule has 5 nitrogen and oxygen atoms in total. The zero-order valence-corrected chi connectivity index (χ0v) is 12.4. The molecule has 114 valence electrons. The lowest BCUT2D eigenvalue weighted by Crippen LogP contribution is -2.45. The van der Waals surface area contributed by atoms with E-state index in [-0.39, 0.29) is 18.4 Å². The number of piperidine rings is 1. The lowest BCUT2D eigenvalue weighted by Gasteiger charge is -2.32. The molecule has 1 heterocycles. The number of nitrogens with one attached hydrogen (secondary N) is 1. The number of carbonyl (C=O) groups excluding carboxylic acids is 2. The molecule has 0 bridgehead atoms. The molecule has 0 saturated carbocycles. The van der Waals surface area contributed by atoms with Crippen molar-refractivity contribution in [2.45, 2.75) is 12.8 Å². The normalized spacial score (nSPS) is 18.3. The van der Waals surface area contributed by atoms with Crippen molar-refractivity contribution < 1.29 is 14.3 Å². The van der Waals surface area contributed by atoms with Crippen molar-refractivity contribution >= 4 is 11.8 Å². The van der Waals surface area contributed by atoms with E-state index >= 15 is 0 Å². The minimum atomic E-state index is -0.214. The van der Waals surface area contributed by atoms with Crippen molar-refractivity contribution in [1.82, 2.24) is 10.2 Å². The maximum Gasteiger partial charge on any atom is 0.251 e. The van der Waals surface area contributed by atoms with E-state index in [1.807, 2.05) is 11.0 Å². The summed E-state index contributed by atoms with van der Waals surface area (Å²) in [5.41, 5.74) is 0.571. The highest BCUT2D eigenvalue weighted by molar-refractivity contribution is 5.96. The van der Waals surface area contributed by atoms with Gasteiger partial charge in [-0.15, -0.1) is 0 Å². The van der Waals surface area contributed by atoms with Gasteiger partial charge in [-0.1, -0.05) is 18.2 Å². The van der Waals surface area contributed by atoms with Gasteiger partial charge in [0.1, 0.15) is 0 Å². The molecule has 1 aromatic carbocycles. The predicted octanol–water partition coefficient (Wildman–Crippen LogP) is 1.30. The van der Waals surface area contributed by atoms with Crippen LogP contribution in [0.3, 0.4) is 0 Å². The van der Waals surface area contributed by atoms with Crippen molar-refractivity contribution in [3.05, 3.63) is 35.9 Å². The molecule has 1 N–H and O–H groups in total. The van der Waals surface area contributed by atoms with Gasteiger partial charge in [-0.25, -0.2) is 0 Å². The van der Waals surface area contributed by atoms with Crippen LogP contribution in [-0.2, 0) is 9.53 Å². The van der Waals surface area contributed by atoms with Crippen molar-refractivity contribution in [3.8, 4) is 0 Å².